The van der Waals surface area contributed by atoms with Gasteiger partial charge in [0.2, 0.25) is 0 Å². The fraction of sp³-hybridized carbons (Fsp3) is 0.148. The second kappa shape index (κ2) is 10.4. The number of para-hydroxylation sites is 1. The number of hydrogen-bond acceptors (Lipinski definition) is 5. The number of carbonyl (C=O) groups is 1. The molecule has 0 saturated carbocycles. The van der Waals surface area contributed by atoms with E-state index in [0.29, 0.717) is 23.7 Å². The van der Waals surface area contributed by atoms with Crippen LogP contribution in [-0.4, -0.2) is 30.8 Å². The Kier molecular flexibility index (Phi) is 6.95. The molecule has 0 fully saturated rings. The number of carbonyl (C=O) groups excluding carboxylic acids is 1. The standard InChI is InChI=1S/C27H25N3O3/c1-3-15-33-25-14-13-19(16-26(25)32-2)18-28-30-27(31)22-17-24(20-9-5-4-6-10-20)29-23-12-8-7-11-21(22)23/h4-14,16-18H,3,15H2,1-2H3,(H,30,31). The zero-order chi connectivity index (χ0) is 23.0. The number of pyridine rings is 1. The van der Waals surface area contributed by atoms with Crippen LogP contribution in [0.25, 0.3) is 22.2 Å². The fourth-order valence-corrected chi connectivity index (χ4v) is 3.44. The Morgan fingerprint density at radius 3 is 2.58 bits per heavy atom. The van der Waals surface area contributed by atoms with Crippen LogP contribution in [0.3, 0.4) is 0 Å². The summed E-state index contributed by atoms with van der Waals surface area (Å²) in [5.41, 5.74) is 6.35. The van der Waals surface area contributed by atoms with Crippen molar-refractivity contribution in [2.24, 2.45) is 5.10 Å². The van der Waals surface area contributed by atoms with Crippen molar-refractivity contribution in [3.8, 4) is 22.8 Å². The first-order valence-corrected chi connectivity index (χ1v) is 10.8. The lowest BCUT2D eigenvalue weighted by Crippen LogP contribution is -2.18. The zero-order valence-corrected chi connectivity index (χ0v) is 18.6. The second-order valence-electron chi connectivity index (χ2n) is 7.40. The van der Waals surface area contributed by atoms with Crippen molar-refractivity contribution in [3.05, 3.63) is 90.0 Å². The Labute approximate surface area is 192 Å². The molecule has 0 unspecified atom stereocenters. The van der Waals surface area contributed by atoms with Crippen LogP contribution in [0.2, 0.25) is 0 Å². The van der Waals surface area contributed by atoms with Crippen LogP contribution < -0.4 is 14.9 Å². The number of nitrogens with one attached hydrogen (secondary N) is 1. The van der Waals surface area contributed by atoms with Gasteiger partial charge in [-0.2, -0.15) is 5.10 Å². The maximum absolute atomic E-state index is 13.0. The molecule has 1 heterocycles. The molecule has 0 spiro atoms. The smallest absolute Gasteiger partial charge is 0.272 e. The highest BCUT2D eigenvalue weighted by molar-refractivity contribution is 6.07. The molecule has 0 saturated heterocycles. The first-order chi connectivity index (χ1) is 16.2. The summed E-state index contributed by atoms with van der Waals surface area (Å²) in [6.45, 7) is 2.66. The Hall–Kier alpha value is -4.19. The van der Waals surface area contributed by atoms with Gasteiger partial charge in [0.15, 0.2) is 11.5 Å². The Balaban J connectivity index is 1.57. The lowest BCUT2D eigenvalue weighted by Gasteiger charge is -2.10. The third kappa shape index (κ3) is 5.18. The van der Waals surface area contributed by atoms with Gasteiger partial charge in [0, 0.05) is 10.9 Å². The summed E-state index contributed by atoms with van der Waals surface area (Å²) in [7, 11) is 1.59. The molecule has 3 aromatic carbocycles. The topological polar surface area (TPSA) is 72.8 Å². The van der Waals surface area contributed by atoms with Crippen LogP contribution in [0, 0.1) is 0 Å². The van der Waals surface area contributed by atoms with Crippen molar-refractivity contribution >= 4 is 23.0 Å². The summed E-state index contributed by atoms with van der Waals surface area (Å²) in [5, 5.41) is 4.92. The first-order valence-electron chi connectivity index (χ1n) is 10.8. The van der Waals surface area contributed by atoms with Crippen LogP contribution in [0.1, 0.15) is 29.3 Å². The van der Waals surface area contributed by atoms with E-state index in [1.807, 2.05) is 79.7 Å². The molecule has 0 aliphatic carbocycles. The van der Waals surface area contributed by atoms with E-state index < -0.39 is 0 Å². The van der Waals surface area contributed by atoms with Crippen LogP contribution in [0.15, 0.2) is 84.0 Å². The lowest BCUT2D eigenvalue weighted by molar-refractivity contribution is 0.0956. The Bertz CT molecular complexity index is 1290. The van der Waals surface area contributed by atoms with Crippen molar-refractivity contribution in [1.82, 2.24) is 10.4 Å². The molecular weight excluding hydrogens is 414 g/mol. The van der Waals surface area contributed by atoms with Crippen molar-refractivity contribution in [3.63, 3.8) is 0 Å². The average molecular weight is 440 g/mol. The molecule has 33 heavy (non-hydrogen) atoms. The SMILES string of the molecule is CCCOc1ccc(C=NNC(=O)c2cc(-c3ccccc3)nc3ccccc23)cc1OC. The van der Waals surface area contributed by atoms with E-state index in [0.717, 1.165) is 34.1 Å². The highest BCUT2D eigenvalue weighted by Gasteiger charge is 2.13. The second-order valence-corrected chi connectivity index (χ2v) is 7.40. The largest absolute Gasteiger partial charge is 0.493 e. The monoisotopic (exact) mass is 439 g/mol. The highest BCUT2D eigenvalue weighted by Crippen LogP contribution is 2.28. The number of fused-ring (bicyclic) bond motifs is 1. The van der Waals surface area contributed by atoms with Crippen LogP contribution in [0.4, 0.5) is 0 Å². The van der Waals surface area contributed by atoms with Crippen molar-refractivity contribution in [1.29, 1.82) is 0 Å². The van der Waals surface area contributed by atoms with E-state index >= 15 is 0 Å². The van der Waals surface area contributed by atoms with E-state index in [1.165, 1.54) is 0 Å². The molecule has 166 valence electrons. The summed E-state index contributed by atoms with van der Waals surface area (Å²) in [6.07, 6.45) is 2.49. The van der Waals surface area contributed by atoms with Gasteiger partial charge < -0.3 is 9.47 Å². The van der Waals surface area contributed by atoms with Crippen molar-refractivity contribution in [2.45, 2.75) is 13.3 Å². The van der Waals surface area contributed by atoms with Gasteiger partial charge >= 0.3 is 0 Å². The van der Waals surface area contributed by atoms with Crippen LogP contribution in [-0.2, 0) is 0 Å². The van der Waals surface area contributed by atoms with Gasteiger partial charge in [-0.05, 0) is 42.3 Å². The van der Waals surface area contributed by atoms with E-state index in [9.17, 15) is 4.79 Å². The van der Waals surface area contributed by atoms with Gasteiger partial charge in [0.1, 0.15) is 0 Å². The van der Waals surface area contributed by atoms with Gasteiger partial charge in [-0.15, -0.1) is 0 Å². The molecular formula is C27H25N3O3. The molecule has 0 radical (unpaired) electrons. The number of benzene rings is 3. The van der Waals surface area contributed by atoms with Crippen molar-refractivity contribution in [2.75, 3.05) is 13.7 Å². The maximum atomic E-state index is 13.0. The number of hydrazone groups is 1. The van der Waals surface area contributed by atoms with E-state index in [-0.39, 0.29) is 5.91 Å². The molecule has 1 amide bonds. The number of hydrogen-bond donors (Lipinski definition) is 1. The summed E-state index contributed by atoms with van der Waals surface area (Å²) in [5.74, 6) is 0.987. The summed E-state index contributed by atoms with van der Waals surface area (Å²) >= 11 is 0. The van der Waals surface area contributed by atoms with Gasteiger partial charge in [-0.1, -0.05) is 55.5 Å². The van der Waals surface area contributed by atoms with Crippen LogP contribution in [0.5, 0.6) is 11.5 Å². The number of amides is 1. The van der Waals surface area contributed by atoms with E-state index in [1.54, 1.807) is 19.4 Å². The fourth-order valence-electron chi connectivity index (χ4n) is 3.44. The molecule has 6 heteroatoms. The molecule has 0 bridgehead atoms. The molecule has 4 rings (SSSR count). The van der Waals surface area contributed by atoms with Gasteiger partial charge in [0.25, 0.3) is 5.91 Å². The van der Waals surface area contributed by atoms with Crippen molar-refractivity contribution < 1.29 is 14.3 Å². The number of ether oxygens (including phenoxy) is 2. The average Bonchev–Trinajstić information content (AvgIpc) is 2.87. The number of rotatable bonds is 8. The first kappa shape index (κ1) is 22.0. The van der Waals surface area contributed by atoms with E-state index in [2.05, 4.69) is 10.5 Å². The number of aromatic nitrogens is 1. The molecule has 4 aromatic rings. The molecule has 1 N–H and O–H groups in total. The number of nitrogens with zero attached hydrogens (tertiary/aromatic N) is 2. The quantitative estimate of drug-likeness (QED) is 0.292. The third-order valence-corrected chi connectivity index (χ3v) is 5.06. The van der Waals surface area contributed by atoms with Gasteiger partial charge in [0.05, 0.1) is 36.7 Å². The van der Waals surface area contributed by atoms with Crippen LogP contribution >= 0.6 is 0 Å². The number of methoxy groups -OCH3 is 1. The summed E-state index contributed by atoms with van der Waals surface area (Å²) in [4.78, 5) is 17.8. The Morgan fingerprint density at radius 1 is 1.00 bits per heavy atom. The molecule has 1 aromatic heterocycles. The molecule has 6 nitrogen and oxygen atoms in total. The maximum Gasteiger partial charge on any atom is 0.272 e. The van der Waals surface area contributed by atoms with E-state index in [4.69, 9.17) is 14.5 Å². The predicted octanol–water partition coefficient (Wildman–Crippen LogP) is 5.46. The minimum Gasteiger partial charge on any atom is -0.493 e. The zero-order valence-electron chi connectivity index (χ0n) is 18.6. The lowest BCUT2D eigenvalue weighted by atomic mass is 10.0. The minimum atomic E-state index is -0.308. The van der Waals surface area contributed by atoms with Gasteiger partial charge in [-0.25, -0.2) is 10.4 Å². The predicted molar refractivity (Wildman–Crippen MR) is 131 cm³/mol. The van der Waals surface area contributed by atoms with Gasteiger partial charge in [-0.3, -0.25) is 4.79 Å². The molecule has 0 aliphatic heterocycles. The molecule has 0 atom stereocenters. The normalized spacial score (nSPS) is 11.0. The summed E-state index contributed by atoms with van der Waals surface area (Å²) < 4.78 is 11.1. The summed E-state index contributed by atoms with van der Waals surface area (Å²) in [6, 6.07) is 24.7. The minimum absolute atomic E-state index is 0.308. The third-order valence-electron chi connectivity index (χ3n) is 5.06. The molecule has 0 aliphatic rings. The Morgan fingerprint density at radius 2 is 1.79 bits per heavy atom. The highest BCUT2D eigenvalue weighted by atomic mass is 16.5.